The van der Waals surface area contributed by atoms with Crippen LogP contribution < -0.4 is 0 Å². The molecule has 0 fully saturated rings. The zero-order chi connectivity index (χ0) is 14.3. The lowest BCUT2D eigenvalue weighted by molar-refractivity contribution is -0.156. The Morgan fingerprint density at radius 3 is 1.22 bits per heavy atom. The highest BCUT2D eigenvalue weighted by atomic mass is 16.4. The van der Waals surface area contributed by atoms with Gasteiger partial charge in [-0.05, 0) is 12.8 Å². The molecule has 0 rings (SSSR count). The van der Waals surface area contributed by atoms with Gasteiger partial charge in [-0.2, -0.15) is 0 Å². The summed E-state index contributed by atoms with van der Waals surface area (Å²) in [5.74, 6) is -5.79. The first-order valence-corrected chi connectivity index (χ1v) is 5.36. The number of rotatable bonds is 9. The minimum absolute atomic E-state index is 0.444. The van der Waals surface area contributed by atoms with Gasteiger partial charge in [0.05, 0.1) is 37.3 Å². The fourth-order valence-electron chi connectivity index (χ4n) is 1.61. The molecule has 0 radical (unpaired) electrons. The molecular formula is C10H18O8. The molecule has 4 atom stereocenters. The Balaban J connectivity index is 4.88. The van der Waals surface area contributed by atoms with Gasteiger partial charge < -0.3 is 30.6 Å². The molecule has 8 heteroatoms. The SMILES string of the molecule is O=C(O)C(CC(O)CO)C(CC(O)CO)C(=O)O. The van der Waals surface area contributed by atoms with Crippen molar-refractivity contribution < 1.29 is 40.2 Å². The number of carboxylic acid groups (broad SMARTS) is 2. The molecule has 0 aromatic carbocycles. The van der Waals surface area contributed by atoms with Gasteiger partial charge >= 0.3 is 11.9 Å². The van der Waals surface area contributed by atoms with Gasteiger partial charge in [-0.1, -0.05) is 0 Å². The van der Waals surface area contributed by atoms with Crippen molar-refractivity contribution in [3.05, 3.63) is 0 Å². The van der Waals surface area contributed by atoms with E-state index >= 15 is 0 Å². The highest BCUT2D eigenvalue weighted by Crippen LogP contribution is 2.23. The predicted octanol–water partition coefficient (Wildman–Crippen LogP) is -2.13. The van der Waals surface area contributed by atoms with Crippen molar-refractivity contribution in [2.24, 2.45) is 11.8 Å². The molecule has 0 spiro atoms. The molecule has 4 unspecified atom stereocenters. The van der Waals surface area contributed by atoms with E-state index in [-0.39, 0.29) is 0 Å². The summed E-state index contributed by atoms with van der Waals surface area (Å²) < 4.78 is 0. The van der Waals surface area contributed by atoms with Gasteiger partial charge in [0, 0.05) is 0 Å². The van der Waals surface area contributed by atoms with Crippen LogP contribution in [0.5, 0.6) is 0 Å². The third-order valence-electron chi connectivity index (χ3n) is 2.59. The fraction of sp³-hybridized carbons (Fsp3) is 0.800. The lowest BCUT2D eigenvalue weighted by Crippen LogP contribution is -2.36. The van der Waals surface area contributed by atoms with Gasteiger partial charge in [-0.15, -0.1) is 0 Å². The standard InChI is InChI=1S/C10H18O8/c11-3-5(13)1-7(9(15)16)8(10(17)18)2-6(14)4-12/h5-8,11-14H,1-4H2,(H,15,16)(H,17,18). The number of carboxylic acids is 2. The number of hydrogen-bond acceptors (Lipinski definition) is 6. The number of carbonyl (C=O) groups is 2. The summed E-state index contributed by atoms with van der Waals surface area (Å²) >= 11 is 0. The van der Waals surface area contributed by atoms with E-state index in [9.17, 15) is 19.8 Å². The third-order valence-corrected chi connectivity index (χ3v) is 2.59. The van der Waals surface area contributed by atoms with Crippen LogP contribution >= 0.6 is 0 Å². The zero-order valence-corrected chi connectivity index (χ0v) is 9.64. The van der Waals surface area contributed by atoms with Crippen LogP contribution in [0.15, 0.2) is 0 Å². The molecular weight excluding hydrogens is 248 g/mol. The Labute approximate surface area is 103 Å². The smallest absolute Gasteiger partial charge is 0.307 e. The van der Waals surface area contributed by atoms with E-state index < -0.39 is 62.0 Å². The van der Waals surface area contributed by atoms with E-state index in [2.05, 4.69) is 0 Å². The van der Waals surface area contributed by atoms with Crippen LogP contribution in [-0.4, -0.2) is 68.0 Å². The first kappa shape index (κ1) is 16.8. The molecule has 0 heterocycles. The minimum Gasteiger partial charge on any atom is -0.481 e. The van der Waals surface area contributed by atoms with Crippen LogP contribution in [0.2, 0.25) is 0 Å². The van der Waals surface area contributed by atoms with Gasteiger partial charge in [0.2, 0.25) is 0 Å². The molecule has 0 aromatic rings. The van der Waals surface area contributed by atoms with Crippen molar-refractivity contribution in [3.8, 4) is 0 Å². The van der Waals surface area contributed by atoms with Crippen molar-refractivity contribution in [2.45, 2.75) is 25.0 Å². The van der Waals surface area contributed by atoms with Crippen LogP contribution in [-0.2, 0) is 9.59 Å². The van der Waals surface area contributed by atoms with Gasteiger partial charge in [0.25, 0.3) is 0 Å². The third kappa shape index (κ3) is 5.41. The molecule has 0 aliphatic heterocycles. The van der Waals surface area contributed by atoms with Gasteiger partial charge in [-0.25, -0.2) is 0 Å². The quantitative estimate of drug-likeness (QED) is 0.276. The Morgan fingerprint density at radius 2 is 1.06 bits per heavy atom. The molecule has 0 amide bonds. The van der Waals surface area contributed by atoms with Crippen LogP contribution in [0.25, 0.3) is 0 Å². The monoisotopic (exact) mass is 266 g/mol. The van der Waals surface area contributed by atoms with E-state index in [0.717, 1.165) is 0 Å². The molecule has 0 aromatic heterocycles. The van der Waals surface area contributed by atoms with Crippen molar-refractivity contribution in [2.75, 3.05) is 13.2 Å². The zero-order valence-electron chi connectivity index (χ0n) is 9.64. The molecule has 106 valence electrons. The summed E-state index contributed by atoms with van der Waals surface area (Å²) in [6, 6.07) is 0. The van der Waals surface area contributed by atoms with E-state index in [0.29, 0.717) is 0 Å². The summed E-state index contributed by atoms with van der Waals surface area (Å²) in [6.07, 6.45) is -3.58. The van der Waals surface area contributed by atoms with Gasteiger partial charge in [0.1, 0.15) is 0 Å². The van der Waals surface area contributed by atoms with Crippen molar-refractivity contribution >= 4 is 11.9 Å². The van der Waals surface area contributed by atoms with E-state index in [4.69, 9.17) is 20.4 Å². The van der Waals surface area contributed by atoms with E-state index in [1.807, 2.05) is 0 Å². The minimum atomic E-state index is -1.45. The Kier molecular flexibility index (Phi) is 7.44. The van der Waals surface area contributed by atoms with Crippen molar-refractivity contribution in [1.82, 2.24) is 0 Å². The highest BCUT2D eigenvalue weighted by molar-refractivity contribution is 5.80. The maximum absolute atomic E-state index is 11.0. The molecule has 8 nitrogen and oxygen atoms in total. The summed E-state index contributed by atoms with van der Waals surface area (Å²) in [4.78, 5) is 21.9. The van der Waals surface area contributed by atoms with Crippen molar-refractivity contribution in [3.63, 3.8) is 0 Å². The first-order valence-electron chi connectivity index (χ1n) is 5.36. The number of hydrogen-bond donors (Lipinski definition) is 6. The molecule has 0 saturated heterocycles. The second kappa shape index (κ2) is 7.98. The van der Waals surface area contributed by atoms with Gasteiger partial charge in [0.15, 0.2) is 0 Å². The summed E-state index contributed by atoms with van der Waals surface area (Å²) in [5.41, 5.74) is 0. The first-order chi connectivity index (χ1) is 8.33. The maximum atomic E-state index is 11.0. The Bertz CT molecular complexity index is 251. The highest BCUT2D eigenvalue weighted by Gasteiger charge is 2.36. The average molecular weight is 266 g/mol. The van der Waals surface area contributed by atoms with E-state index in [1.54, 1.807) is 0 Å². The normalized spacial score (nSPS) is 17.8. The van der Waals surface area contributed by atoms with E-state index in [1.165, 1.54) is 0 Å². The summed E-state index contributed by atoms with van der Waals surface area (Å²) in [7, 11) is 0. The number of aliphatic carboxylic acids is 2. The number of aliphatic hydroxyl groups excluding tert-OH is 4. The summed E-state index contributed by atoms with van der Waals surface area (Å²) in [5, 5.41) is 53.5. The van der Waals surface area contributed by atoms with Gasteiger partial charge in [-0.3, -0.25) is 9.59 Å². The molecule has 0 bridgehead atoms. The number of aliphatic hydroxyl groups is 4. The van der Waals surface area contributed by atoms with Crippen molar-refractivity contribution in [1.29, 1.82) is 0 Å². The largest absolute Gasteiger partial charge is 0.481 e. The average Bonchev–Trinajstić information content (AvgIpc) is 2.31. The Morgan fingerprint density at radius 1 is 0.778 bits per heavy atom. The topological polar surface area (TPSA) is 156 Å². The molecule has 0 aliphatic rings. The molecule has 0 saturated carbocycles. The van der Waals surface area contributed by atoms with Crippen LogP contribution in [0.1, 0.15) is 12.8 Å². The lowest BCUT2D eigenvalue weighted by Gasteiger charge is -2.23. The fourth-order valence-corrected chi connectivity index (χ4v) is 1.61. The van der Waals surface area contributed by atoms with Crippen LogP contribution in [0, 0.1) is 11.8 Å². The summed E-state index contributed by atoms with van der Waals surface area (Å²) in [6.45, 7) is -1.36. The van der Waals surface area contributed by atoms with Crippen LogP contribution in [0.4, 0.5) is 0 Å². The molecule has 0 aliphatic carbocycles. The predicted molar refractivity (Wildman–Crippen MR) is 57.7 cm³/mol. The molecule has 18 heavy (non-hydrogen) atoms. The van der Waals surface area contributed by atoms with Crippen LogP contribution in [0.3, 0.4) is 0 Å². The second-order valence-corrected chi connectivity index (χ2v) is 4.03. The maximum Gasteiger partial charge on any atom is 0.307 e. The molecule has 6 N–H and O–H groups in total. The Hall–Kier alpha value is -1.22. The lowest BCUT2D eigenvalue weighted by atomic mass is 9.84. The second-order valence-electron chi connectivity index (χ2n) is 4.03.